The van der Waals surface area contributed by atoms with E-state index in [4.69, 9.17) is 11.6 Å². The second-order valence-corrected chi connectivity index (χ2v) is 5.70. The molecule has 0 aromatic heterocycles. The molecule has 0 saturated carbocycles. The molecule has 0 aliphatic rings. The topological polar surface area (TPSA) is 20.2 Å². The number of aliphatic hydroxyl groups excluding tert-OH is 1. The van der Waals surface area contributed by atoms with Crippen molar-refractivity contribution in [3.05, 3.63) is 32.4 Å². The third-order valence-corrected chi connectivity index (χ3v) is 4.25. The molecule has 0 radical (unpaired) electrons. The van der Waals surface area contributed by atoms with Crippen molar-refractivity contribution in [3.63, 3.8) is 0 Å². The van der Waals surface area contributed by atoms with Gasteiger partial charge in [-0.3, -0.25) is 0 Å². The number of aliphatic hydroxyl groups is 1. The smallest absolute Gasteiger partial charge is 0.0803 e. The van der Waals surface area contributed by atoms with Crippen molar-refractivity contribution < 1.29 is 5.11 Å². The maximum absolute atomic E-state index is 10.2. The fourth-order valence-electron chi connectivity index (χ4n) is 1.83. The zero-order valence-electron chi connectivity index (χ0n) is 9.71. The molecule has 1 rings (SSSR count). The van der Waals surface area contributed by atoms with E-state index in [9.17, 15) is 5.11 Å². The molecular formula is C13H18ClIO. The molecule has 0 fully saturated rings. The van der Waals surface area contributed by atoms with Crippen LogP contribution in [0.4, 0.5) is 0 Å². The minimum Gasteiger partial charge on any atom is -0.388 e. The molecule has 1 aromatic rings. The lowest BCUT2D eigenvalue weighted by Gasteiger charge is -2.18. The summed E-state index contributed by atoms with van der Waals surface area (Å²) >= 11 is 8.20. The van der Waals surface area contributed by atoms with Crippen molar-refractivity contribution >= 4 is 34.2 Å². The Bertz CT molecular complexity index is 337. The van der Waals surface area contributed by atoms with Gasteiger partial charge in [0.1, 0.15) is 0 Å². The summed E-state index contributed by atoms with van der Waals surface area (Å²) in [6, 6.07) is 5.68. The lowest BCUT2D eigenvalue weighted by molar-refractivity contribution is 0.140. The van der Waals surface area contributed by atoms with Gasteiger partial charge in [0, 0.05) is 8.59 Å². The Morgan fingerprint density at radius 3 is 2.50 bits per heavy atom. The van der Waals surface area contributed by atoms with Crippen LogP contribution in [0.2, 0.25) is 5.02 Å². The molecule has 0 aliphatic heterocycles. The first kappa shape index (κ1) is 14.3. The third kappa shape index (κ3) is 3.90. The van der Waals surface area contributed by atoms with Crippen LogP contribution < -0.4 is 0 Å². The van der Waals surface area contributed by atoms with Crippen LogP contribution in [0.25, 0.3) is 0 Å². The first-order valence-electron chi connectivity index (χ1n) is 5.71. The average Bonchev–Trinajstić information content (AvgIpc) is 2.28. The van der Waals surface area contributed by atoms with Crippen LogP contribution in [0.15, 0.2) is 18.2 Å². The van der Waals surface area contributed by atoms with Gasteiger partial charge in [-0.25, -0.2) is 0 Å². The van der Waals surface area contributed by atoms with Crippen LogP contribution in [0.5, 0.6) is 0 Å². The average molecular weight is 353 g/mol. The van der Waals surface area contributed by atoms with Crippen LogP contribution in [-0.2, 0) is 0 Å². The quantitative estimate of drug-likeness (QED) is 0.754. The highest BCUT2D eigenvalue weighted by Crippen LogP contribution is 2.29. The molecule has 16 heavy (non-hydrogen) atoms. The maximum Gasteiger partial charge on any atom is 0.0803 e. The number of rotatable bonds is 5. The van der Waals surface area contributed by atoms with Crippen molar-refractivity contribution in [3.8, 4) is 0 Å². The van der Waals surface area contributed by atoms with E-state index in [1.54, 1.807) is 0 Å². The number of benzene rings is 1. The standard InChI is InChI=1S/C13H18ClIO/c1-3-9(4-2)7-13(16)11-8-10(14)5-6-12(11)15/h5-6,8-9,13,16H,3-4,7H2,1-2H3. The monoisotopic (exact) mass is 352 g/mol. The second kappa shape index (κ2) is 6.82. The molecule has 1 unspecified atom stereocenters. The van der Waals surface area contributed by atoms with Crippen LogP contribution >= 0.6 is 34.2 Å². The number of hydrogen-bond acceptors (Lipinski definition) is 1. The van der Waals surface area contributed by atoms with Crippen LogP contribution in [-0.4, -0.2) is 5.11 Å². The zero-order valence-corrected chi connectivity index (χ0v) is 12.6. The fraction of sp³-hybridized carbons (Fsp3) is 0.538. The lowest BCUT2D eigenvalue weighted by Crippen LogP contribution is -2.07. The molecule has 1 N–H and O–H groups in total. The lowest BCUT2D eigenvalue weighted by atomic mass is 9.93. The van der Waals surface area contributed by atoms with E-state index in [2.05, 4.69) is 36.4 Å². The van der Waals surface area contributed by atoms with Gasteiger partial charge in [-0.1, -0.05) is 38.3 Å². The summed E-state index contributed by atoms with van der Waals surface area (Å²) in [6.45, 7) is 4.34. The maximum atomic E-state index is 10.2. The molecule has 0 amide bonds. The third-order valence-electron chi connectivity index (χ3n) is 3.03. The molecule has 0 saturated heterocycles. The largest absolute Gasteiger partial charge is 0.388 e. The summed E-state index contributed by atoms with van der Waals surface area (Å²) in [5, 5.41) is 10.9. The molecule has 3 heteroatoms. The van der Waals surface area contributed by atoms with E-state index in [0.717, 1.165) is 28.4 Å². The highest BCUT2D eigenvalue weighted by Gasteiger charge is 2.16. The Balaban J connectivity index is 2.79. The molecule has 0 heterocycles. The zero-order chi connectivity index (χ0) is 12.1. The molecule has 1 aromatic carbocycles. The first-order valence-corrected chi connectivity index (χ1v) is 7.17. The van der Waals surface area contributed by atoms with E-state index in [1.165, 1.54) is 0 Å². The van der Waals surface area contributed by atoms with Gasteiger partial charge in [-0.05, 0) is 58.7 Å². The molecule has 0 bridgehead atoms. The number of hydrogen-bond donors (Lipinski definition) is 1. The Morgan fingerprint density at radius 2 is 1.94 bits per heavy atom. The van der Waals surface area contributed by atoms with Crippen LogP contribution in [0, 0.1) is 9.49 Å². The van der Waals surface area contributed by atoms with Crippen molar-refractivity contribution in [2.75, 3.05) is 0 Å². The van der Waals surface area contributed by atoms with E-state index < -0.39 is 6.10 Å². The SMILES string of the molecule is CCC(CC)CC(O)c1cc(Cl)ccc1I. The summed E-state index contributed by atoms with van der Waals surface area (Å²) in [4.78, 5) is 0. The Morgan fingerprint density at radius 1 is 1.31 bits per heavy atom. The van der Waals surface area contributed by atoms with Gasteiger partial charge in [-0.15, -0.1) is 0 Å². The summed E-state index contributed by atoms with van der Waals surface area (Å²) < 4.78 is 1.08. The molecular weight excluding hydrogens is 334 g/mol. The van der Waals surface area contributed by atoms with E-state index in [0.29, 0.717) is 10.9 Å². The van der Waals surface area contributed by atoms with Crippen molar-refractivity contribution in [1.29, 1.82) is 0 Å². The van der Waals surface area contributed by atoms with E-state index >= 15 is 0 Å². The molecule has 1 atom stereocenters. The predicted octanol–water partition coefficient (Wildman–Crippen LogP) is 4.80. The van der Waals surface area contributed by atoms with Gasteiger partial charge in [0.15, 0.2) is 0 Å². The predicted molar refractivity (Wildman–Crippen MR) is 77.8 cm³/mol. The van der Waals surface area contributed by atoms with Gasteiger partial charge in [-0.2, -0.15) is 0 Å². The molecule has 0 spiro atoms. The molecule has 1 nitrogen and oxygen atoms in total. The minimum absolute atomic E-state index is 0.393. The minimum atomic E-state index is -0.393. The summed E-state index contributed by atoms with van der Waals surface area (Å²) in [7, 11) is 0. The first-order chi connectivity index (χ1) is 7.58. The Labute approximate surface area is 116 Å². The molecule has 0 aliphatic carbocycles. The number of halogens is 2. The second-order valence-electron chi connectivity index (χ2n) is 4.10. The summed E-state index contributed by atoms with van der Waals surface area (Å²) in [5.41, 5.74) is 0.958. The molecule has 90 valence electrons. The van der Waals surface area contributed by atoms with Gasteiger partial charge in [0.25, 0.3) is 0 Å². The van der Waals surface area contributed by atoms with Crippen LogP contribution in [0.3, 0.4) is 0 Å². The summed E-state index contributed by atoms with van der Waals surface area (Å²) in [6.07, 6.45) is 2.66. The van der Waals surface area contributed by atoms with Gasteiger partial charge < -0.3 is 5.11 Å². The van der Waals surface area contributed by atoms with Gasteiger partial charge in [0.05, 0.1) is 6.10 Å². The van der Waals surface area contributed by atoms with Crippen molar-refractivity contribution in [2.45, 2.75) is 39.2 Å². The summed E-state index contributed by atoms with van der Waals surface area (Å²) in [5.74, 6) is 0.588. The normalized spacial score (nSPS) is 13.1. The highest BCUT2D eigenvalue weighted by atomic mass is 127. The van der Waals surface area contributed by atoms with Crippen molar-refractivity contribution in [2.24, 2.45) is 5.92 Å². The van der Waals surface area contributed by atoms with E-state index in [-0.39, 0.29) is 0 Å². The Kier molecular flexibility index (Phi) is 6.08. The Hall–Kier alpha value is 0.200. The van der Waals surface area contributed by atoms with Gasteiger partial charge >= 0.3 is 0 Å². The van der Waals surface area contributed by atoms with E-state index in [1.807, 2.05) is 18.2 Å². The van der Waals surface area contributed by atoms with Crippen molar-refractivity contribution in [1.82, 2.24) is 0 Å². The van der Waals surface area contributed by atoms with Crippen LogP contribution in [0.1, 0.15) is 44.8 Å². The highest BCUT2D eigenvalue weighted by molar-refractivity contribution is 14.1. The fourth-order valence-corrected chi connectivity index (χ4v) is 2.71. The van der Waals surface area contributed by atoms with Gasteiger partial charge in [0.2, 0.25) is 0 Å².